The molecule has 1 aliphatic rings. The summed E-state index contributed by atoms with van der Waals surface area (Å²) in [7, 11) is 0. The first-order chi connectivity index (χ1) is 13.7. The van der Waals surface area contributed by atoms with Gasteiger partial charge in [-0.3, -0.25) is 0 Å². The van der Waals surface area contributed by atoms with Gasteiger partial charge < -0.3 is 11.5 Å². The summed E-state index contributed by atoms with van der Waals surface area (Å²) in [5.41, 5.74) is 11.2. The van der Waals surface area contributed by atoms with Gasteiger partial charge in [-0.25, -0.2) is 0 Å². The van der Waals surface area contributed by atoms with Crippen LogP contribution >= 0.6 is 0 Å². The molecule has 2 nitrogen and oxygen atoms in total. The molecule has 0 spiro atoms. The van der Waals surface area contributed by atoms with Crippen molar-refractivity contribution >= 4 is 0 Å². The molecule has 0 bridgehead atoms. The van der Waals surface area contributed by atoms with Gasteiger partial charge in [0.05, 0.1) is 0 Å². The second-order valence-corrected chi connectivity index (χ2v) is 8.98. The number of rotatable bonds is 16. The summed E-state index contributed by atoms with van der Waals surface area (Å²) in [6.07, 6.45) is 30.9. The molecule has 28 heavy (non-hydrogen) atoms. The van der Waals surface area contributed by atoms with Crippen molar-refractivity contribution in [1.29, 1.82) is 0 Å². The maximum Gasteiger partial charge on any atom is 0.00387 e. The van der Waals surface area contributed by atoms with Gasteiger partial charge >= 0.3 is 0 Å². The fourth-order valence-electron chi connectivity index (χ4n) is 4.05. The minimum absolute atomic E-state index is 0.435. The van der Waals surface area contributed by atoms with Gasteiger partial charge in [-0.1, -0.05) is 96.1 Å². The number of hydrogen-bond acceptors (Lipinski definition) is 2. The minimum Gasteiger partial charge on any atom is -0.330 e. The van der Waals surface area contributed by atoms with Crippen LogP contribution in [0.15, 0.2) is 12.2 Å². The lowest BCUT2D eigenvalue weighted by Gasteiger charge is -2.24. The summed E-state index contributed by atoms with van der Waals surface area (Å²) in [4.78, 5) is 0. The van der Waals surface area contributed by atoms with Gasteiger partial charge in [-0.2, -0.15) is 0 Å². The van der Waals surface area contributed by atoms with Crippen molar-refractivity contribution in [3.8, 4) is 0 Å². The van der Waals surface area contributed by atoms with E-state index < -0.39 is 0 Å². The average molecular weight is 395 g/mol. The Balaban J connectivity index is 0.000000668. The molecule has 0 aromatic heterocycles. The fourth-order valence-corrected chi connectivity index (χ4v) is 4.05. The predicted molar refractivity (Wildman–Crippen MR) is 129 cm³/mol. The monoisotopic (exact) mass is 394 g/mol. The van der Waals surface area contributed by atoms with Crippen LogP contribution in [-0.4, -0.2) is 12.6 Å². The van der Waals surface area contributed by atoms with Crippen LogP contribution in [0.4, 0.5) is 0 Å². The molecule has 168 valence electrons. The molecule has 0 saturated heterocycles. The molecule has 1 atom stereocenters. The average Bonchev–Trinajstić information content (AvgIpc) is 2.72. The Labute approximate surface area is 178 Å². The lowest BCUT2D eigenvalue weighted by Crippen LogP contribution is -2.27. The summed E-state index contributed by atoms with van der Waals surface area (Å²) in [6.45, 7) is 5.28. The first-order valence-corrected chi connectivity index (χ1v) is 12.8. The number of nitrogens with two attached hydrogens (primary N) is 2. The van der Waals surface area contributed by atoms with Crippen LogP contribution in [0.25, 0.3) is 0 Å². The van der Waals surface area contributed by atoms with E-state index in [1.165, 1.54) is 122 Å². The molecule has 0 heterocycles. The third-order valence-electron chi connectivity index (χ3n) is 6.11. The Kier molecular flexibility index (Phi) is 22.7. The highest BCUT2D eigenvalue weighted by Crippen LogP contribution is 2.25. The molecule has 1 rings (SSSR count). The lowest BCUT2D eigenvalue weighted by molar-refractivity contribution is 0.316. The highest BCUT2D eigenvalue weighted by molar-refractivity contribution is 4.81. The molecule has 0 radical (unpaired) electrons. The van der Waals surface area contributed by atoms with Gasteiger partial charge in [-0.05, 0) is 64.3 Å². The van der Waals surface area contributed by atoms with Crippen molar-refractivity contribution in [2.24, 2.45) is 17.4 Å². The van der Waals surface area contributed by atoms with Crippen molar-refractivity contribution in [2.75, 3.05) is 6.54 Å². The van der Waals surface area contributed by atoms with Gasteiger partial charge in [-0.15, -0.1) is 0 Å². The third kappa shape index (κ3) is 20.4. The first-order valence-electron chi connectivity index (χ1n) is 12.8. The van der Waals surface area contributed by atoms with Crippen LogP contribution in [0.3, 0.4) is 0 Å². The van der Waals surface area contributed by atoms with Crippen molar-refractivity contribution in [3.05, 3.63) is 12.2 Å². The fraction of sp³-hybridized carbons (Fsp3) is 0.923. The standard InChI is InChI=1S/C18H37N.C8H17N/c1-2-3-4-5-6-7-8-9-10-11-12-13-14-15-16-17-18-19;1-7(9)8-5-3-2-4-6-8/h9-10H,2-8,11-19H2,1H3;7-8H,2-6,9H2,1H3/b10-9-;/t;7-/m.0/s1. The van der Waals surface area contributed by atoms with Gasteiger partial charge in [0.15, 0.2) is 0 Å². The van der Waals surface area contributed by atoms with E-state index in [0.717, 1.165) is 12.5 Å². The molecule has 0 aromatic carbocycles. The van der Waals surface area contributed by atoms with E-state index in [1.54, 1.807) is 0 Å². The quantitative estimate of drug-likeness (QED) is 0.206. The Morgan fingerprint density at radius 3 is 1.61 bits per heavy atom. The Morgan fingerprint density at radius 2 is 1.18 bits per heavy atom. The Morgan fingerprint density at radius 1 is 0.714 bits per heavy atom. The Hall–Kier alpha value is -0.340. The predicted octanol–water partition coefficient (Wildman–Crippen LogP) is 7.90. The normalized spacial score (nSPS) is 16.1. The maximum absolute atomic E-state index is 5.77. The second kappa shape index (κ2) is 22.9. The van der Waals surface area contributed by atoms with Gasteiger partial charge in [0, 0.05) is 6.04 Å². The SMILES string of the molecule is CCCCCCCC/C=C\CCCCCCCCN.C[C@H](N)C1CCCCC1. The van der Waals surface area contributed by atoms with E-state index in [9.17, 15) is 0 Å². The van der Waals surface area contributed by atoms with Crippen LogP contribution in [0, 0.1) is 5.92 Å². The van der Waals surface area contributed by atoms with Crippen molar-refractivity contribution in [1.82, 2.24) is 0 Å². The molecule has 1 fully saturated rings. The summed E-state index contributed by atoms with van der Waals surface area (Å²) in [5, 5.41) is 0. The number of allylic oxidation sites excluding steroid dienone is 2. The minimum atomic E-state index is 0.435. The zero-order chi connectivity index (χ0) is 20.7. The van der Waals surface area contributed by atoms with Crippen LogP contribution in [0.1, 0.15) is 136 Å². The van der Waals surface area contributed by atoms with Gasteiger partial charge in [0.1, 0.15) is 0 Å². The molecule has 0 aromatic rings. The largest absolute Gasteiger partial charge is 0.330 e. The van der Waals surface area contributed by atoms with E-state index in [4.69, 9.17) is 11.5 Å². The maximum atomic E-state index is 5.77. The topological polar surface area (TPSA) is 52.0 Å². The zero-order valence-corrected chi connectivity index (χ0v) is 19.6. The van der Waals surface area contributed by atoms with Crippen molar-refractivity contribution < 1.29 is 0 Å². The van der Waals surface area contributed by atoms with Crippen molar-refractivity contribution in [2.45, 2.75) is 142 Å². The van der Waals surface area contributed by atoms with Gasteiger partial charge in [0.2, 0.25) is 0 Å². The summed E-state index contributed by atoms with van der Waals surface area (Å²) in [5.74, 6) is 0.832. The van der Waals surface area contributed by atoms with E-state index >= 15 is 0 Å². The number of hydrogen-bond donors (Lipinski definition) is 2. The van der Waals surface area contributed by atoms with Crippen molar-refractivity contribution in [3.63, 3.8) is 0 Å². The van der Waals surface area contributed by atoms with Crippen LogP contribution in [0.2, 0.25) is 0 Å². The summed E-state index contributed by atoms with van der Waals surface area (Å²) >= 11 is 0. The van der Waals surface area contributed by atoms with E-state index in [-0.39, 0.29) is 0 Å². The first kappa shape index (κ1) is 27.7. The molecule has 0 aliphatic heterocycles. The second-order valence-electron chi connectivity index (χ2n) is 8.98. The molecule has 1 saturated carbocycles. The molecule has 0 unspecified atom stereocenters. The zero-order valence-electron chi connectivity index (χ0n) is 19.6. The van der Waals surface area contributed by atoms with Crippen LogP contribution in [-0.2, 0) is 0 Å². The Bertz CT molecular complexity index is 306. The van der Waals surface area contributed by atoms with E-state index in [2.05, 4.69) is 26.0 Å². The highest BCUT2D eigenvalue weighted by atomic mass is 14.6. The smallest absolute Gasteiger partial charge is 0.00387 e. The molecular weight excluding hydrogens is 340 g/mol. The van der Waals surface area contributed by atoms with Gasteiger partial charge in [0.25, 0.3) is 0 Å². The molecule has 4 N–H and O–H groups in total. The summed E-state index contributed by atoms with van der Waals surface area (Å²) < 4.78 is 0. The highest BCUT2D eigenvalue weighted by Gasteiger charge is 2.16. The van der Waals surface area contributed by atoms with E-state index in [0.29, 0.717) is 6.04 Å². The van der Waals surface area contributed by atoms with Crippen LogP contribution < -0.4 is 11.5 Å². The lowest BCUT2D eigenvalue weighted by atomic mass is 9.85. The van der Waals surface area contributed by atoms with Crippen LogP contribution in [0.5, 0.6) is 0 Å². The number of unbranched alkanes of at least 4 members (excludes halogenated alkanes) is 12. The third-order valence-corrected chi connectivity index (χ3v) is 6.11. The molecule has 1 aliphatic carbocycles. The molecular formula is C26H54N2. The molecule has 2 heteroatoms. The summed E-state index contributed by atoms with van der Waals surface area (Å²) in [6, 6.07) is 0.435. The molecule has 0 amide bonds. The van der Waals surface area contributed by atoms with E-state index in [1.807, 2.05) is 0 Å².